The van der Waals surface area contributed by atoms with Crippen molar-refractivity contribution in [2.24, 2.45) is 0 Å². The monoisotopic (exact) mass is 466 g/mol. The zero-order valence-corrected chi connectivity index (χ0v) is 18.8. The Hall–Kier alpha value is -1.43. The maximum Gasteiger partial charge on any atom is 0.250 e. The van der Waals surface area contributed by atoms with E-state index in [4.69, 9.17) is 11.6 Å². The van der Waals surface area contributed by atoms with Gasteiger partial charge in [0.1, 0.15) is 11.9 Å². The number of sulfonamides is 1. The molecule has 2 rings (SSSR count). The molecule has 1 unspecified atom stereocenters. The number of benzene rings is 1. The smallest absolute Gasteiger partial charge is 0.250 e. The number of carbonyl (C=O) groups excluding carboxylic acids is 1. The fourth-order valence-corrected chi connectivity index (χ4v) is 5.74. The molecule has 1 amide bonds. The lowest BCUT2D eigenvalue weighted by Crippen LogP contribution is -2.47. The van der Waals surface area contributed by atoms with Crippen LogP contribution in [0.5, 0.6) is 0 Å². The molecule has 0 bridgehead atoms. The number of aromatic nitrogens is 2. The van der Waals surface area contributed by atoms with E-state index in [2.05, 4.69) is 15.5 Å². The van der Waals surface area contributed by atoms with Crippen LogP contribution < -0.4 is 9.62 Å². The van der Waals surface area contributed by atoms with Crippen LogP contribution >= 0.6 is 34.7 Å². The van der Waals surface area contributed by atoms with Gasteiger partial charge in [-0.3, -0.25) is 14.4 Å². The third kappa shape index (κ3) is 5.79. The van der Waals surface area contributed by atoms with Gasteiger partial charge < -0.3 is 0 Å². The highest BCUT2D eigenvalue weighted by Gasteiger charge is 2.32. The van der Waals surface area contributed by atoms with E-state index in [1.807, 2.05) is 13.8 Å². The van der Waals surface area contributed by atoms with Gasteiger partial charge in [-0.25, -0.2) is 12.8 Å². The van der Waals surface area contributed by atoms with Crippen LogP contribution in [0.1, 0.15) is 27.2 Å². The molecular formula is C16H20ClFN4O3S3. The van der Waals surface area contributed by atoms with Gasteiger partial charge in [0.2, 0.25) is 21.1 Å². The molecule has 12 heteroatoms. The fraction of sp³-hybridized carbons (Fsp3) is 0.438. The molecule has 0 radical (unpaired) electrons. The van der Waals surface area contributed by atoms with Crippen LogP contribution in [0.4, 0.5) is 15.2 Å². The van der Waals surface area contributed by atoms with Gasteiger partial charge in [0.25, 0.3) is 0 Å². The van der Waals surface area contributed by atoms with Crippen molar-refractivity contribution >= 4 is 61.4 Å². The first-order valence-electron chi connectivity index (χ1n) is 8.28. The Balaban J connectivity index is 2.31. The van der Waals surface area contributed by atoms with Crippen molar-refractivity contribution in [1.82, 2.24) is 10.2 Å². The minimum Gasteiger partial charge on any atom is -0.299 e. The number of halogens is 2. The van der Waals surface area contributed by atoms with Crippen molar-refractivity contribution in [1.29, 1.82) is 0 Å². The highest BCUT2D eigenvalue weighted by atomic mass is 35.5. The van der Waals surface area contributed by atoms with Gasteiger partial charge in [0, 0.05) is 5.25 Å². The molecule has 154 valence electrons. The van der Waals surface area contributed by atoms with Gasteiger partial charge in [0.15, 0.2) is 4.34 Å². The second kappa shape index (κ2) is 9.38. The van der Waals surface area contributed by atoms with E-state index in [0.29, 0.717) is 9.59 Å². The Bertz CT molecular complexity index is 952. The summed E-state index contributed by atoms with van der Waals surface area (Å²) in [5, 5.41) is 10.9. The van der Waals surface area contributed by atoms with E-state index >= 15 is 0 Å². The topological polar surface area (TPSA) is 92.3 Å². The number of hydrogen-bond acceptors (Lipinski definition) is 7. The molecule has 0 saturated carbocycles. The molecular weight excluding hydrogens is 447 g/mol. The summed E-state index contributed by atoms with van der Waals surface area (Å²) in [6.07, 6.45) is 1.16. The molecule has 0 aliphatic carbocycles. The lowest BCUT2D eigenvalue weighted by Gasteiger charge is -2.29. The van der Waals surface area contributed by atoms with Gasteiger partial charge in [-0.1, -0.05) is 55.5 Å². The van der Waals surface area contributed by atoms with Crippen LogP contribution in [0, 0.1) is 5.82 Å². The average molecular weight is 467 g/mol. The molecule has 1 atom stereocenters. The van der Waals surface area contributed by atoms with Crippen molar-refractivity contribution in [3.05, 3.63) is 29.0 Å². The molecule has 0 fully saturated rings. The molecule has 2 aromatic rings. The number of hydrogen-bond donors (Lipinski definition) is 1. The summed E-state index contributed by atoms with van der Waals surface area (Å²) < 4.78 is 39.9. The van der Waals surface area contributed by atoms with Gasteiger partial charge in [0.05, 0.1) is 17.0 Å². The molecule has 7 nitrogen and oxygen atoms in total. The number of nitrogens with zero attached hydrogens (tertiary/aromatic N) is 3. The van der Waals surface area contributed by atoms with E-state index in [1.165, 1.54) is 35.2 Å². The number of nitrogens with one attached hydrogen (secondary N) is 1. The van der Waals surface area contributed by atoms with Gasteiger partial charge in [-0.05, 0) is 24.6 Å². The molecule has 1 aromatic carbocycles. The predicted molar refractivity (Wildman–Crippen MR) is 112 cm³/mol. The van der Waals surface area contributed by atoms with Crippen LogP contribution in [0.2, 0.25) is 5.02 Å². The zero-order valence-electron chi connectivity index (χ0n) is 15.6. The number of rotatable bonds is 8. The Morgan fingerprint density at radius 3 is 2.61 bits per heavy atom. The number of anilines is 2. The fourth-order valence-electron chi connectivity index (χ4n) is 2.38. The summed E-state index contributed by atoms with van der Waals surface area (Å²) in [6, 6.07) is 2.43. The quantitative estimate of drug-likeness (QED) is 0.466. The maximum atomic E-state index is 13.5. The van der Waals surface area contributed by atoms with Crippen LogP contribution in [-0.2, 0) is 14.8 Å². The molecule has 0 aliphatic rings. The van der Waals surface area contributed by atoms with Gasteiger partial charge in [-0.15, -0.1) is 10.2 Å². The summed E-state index contributed by atoms with van der Waals surface area (Å²) in [4.78, 5) is 12.8. The average Bonchev–Trinajstić information content (AvgIpc) is 3.00. The zero-order chi connectivity index (χ0) is 21.1. The van der Waals surface area contributed by atoms with Crippen LogP contribution in [-0.4, -0.2) is 42.1 Å². The van der Waals surface area contributed by atoms with Crippen molar-refractivity contribution in [2.45, 2.75) is 42.8 Å². The molecule has 0 spiro atoms. The SMILES string of the molecule is CCC(C(=O)Nc1nnc(SC(C)C)s1)N(c1ccc(F)c(Cl)c1)S(C)(=O)=O. The lowest BCUT2D eigenvalue weighted by atomic mass is 10.2. The minimum absolute atomic E-state index is 0.101. The Morgan fingerprint density at radius 2 is 2.07 bits per heavy atom. The van der Waals surface area contributed by atoms with E-state index in [-0.39, 0.29) is 22.3 Å². The van der Waals surface area contributed by atoms with Gasteiger partial charge >= 0.3 is 0 Å². The normalized spacial score (nSPS) is 12.8. The lowest BCUT2D eigenvalue weighted by molar-refractivity contribution is -0.117. The summed E-state index contributed by atoms with van der Waals surface area (Å²) >= 11 is 8.51. The first kappa shape index (κ1) is 22.9. The highest BCUT2D eigenvalue weighted by Crippen LogP contribution is 2.30. The first-order valence-corrected chi connectivity index (χ1v) is 12.2. The third-order valence-electron chi connectivity index (χ3n) is 3.46. The van der Waals surface area contributed by atoms with Crippen molar-refractivity contribution in [3.8, 4) is 0 Å². The predicted octanol–water partition coefficient (Wildman–Crippen LogP) is 4.01. The molecule has 0 aliphatic heterocycles. The highest BCUT2D eigenvalue weighted by molar-refractivity contribution is 8.01. The largest absolute Gasteiger partial charge is 0.299 e. The van der Waals surface area contributed by atoms with E-state index in [9.17, 15) is 17.6 Å². The summed E-state index contributed by atoms with van der Waals surface area (Å²) in [5.41, 5.74) is 0.101. The Morgan fingerprint density at radius 1 is 1.39 bits per heavy atom. The van der Waals surface area contributed by atoms with Crippen molar-refractivity contribution in [3.63, 3.8) is 0 Å². The van der Waals surface area contributed by atoms with E-state index in [0.717, 1.165) is 16.6 Å². The Kier molecular flexibility index (Phi) is 7.66. The van der Waals surface area contributed by atoms with Gasteiger partial charge in [-0.2, -0.15) is 0 Å². The number of carbonyl (C=O) groups is 1. The summed E-state index contributed by atoms with van der Waals surface area (Å²) in [5.74, 6) is -1.24. The molecule has 0 saturated heterocycles. The minimum atomic E-state index is -3.85. The van der Waals surface area contributed by atoms with Crippen molar-refractivity contribution < 1.29 is 17.6 Å². The molecule has 1 N–H and O–H groups in total. The number of amides is 1. The molecule has 28 heavy (non-hydrogen) atoms. The Labute approximate surface area is 176 Å². The van der Waals surface area contributed by atoms with E-state index in [1.54, 1.807) is 6.92 Å². The summed E-state index contributed by atoms with van der Waals surface area (Å²) in [7, 11) is -3.85. The second-order valence-corrected chi connectivity index (χ2v) is 11.2. The molecule has 1 aromatic heterocycles. The summed E-state index contributed by atoms with van der Waals surface area (Å²) in [6.45, 7) is 5.69. The molecule has 1 heterocycles. The van der Waals surface area contributed by atoms with Crippen LogP contribution in [0.3, 0.4) is 0 Å². The third-order valence-corrected chi connectivity index (χ3v) is 6.86. The van der Waals surface area contributed by atoms with Crippen molar-refractivity contribution in [2.75, 3.05) is 15.9 Å². The van der Waals surface area contributed by atoms with Crippen LogP contribution in [0.15, 0.2) is 22.5 Å². The maximum absolute atomic E-state index is 13.5. The number of thioether (sulfide) groups is 1. The standard InChI is InChI=1S/C16H20ClFN4O3S3/c1-5-13(14(23)19-15-20-21-16(27-15)26-9(2)3)22(28(4,24)25)10-6-7-12(18)11(17)8-10/h6-9,13H,5H2,1-4H3,(H,19,20,23). The second-order valence-electron chi connectivity index (χ2n) is 6.11. The first-order chi connectivity index (χ1) is 13.0. The van der Waals surface area contributed by atoms with E-state index < -0.39 is 27.8 Å². The van der Waals surface area contributed by atoms with Crippen LogP contribution in [0.25, 0.3) is 0 Å².